The van der Waals surface area contributed by atoms with E-state index in [1.54, 1.807) is 34.6 Å². The molecule has 0 heterocycles. The van der Waals surface area contributed by atoms with E-state index in [9.17, 15) is 22.8 Å². The average Bonchev–Trinajstić information content (AvgIpc) is 3.58. The highest BCUT2D eigenvalue weighted by atomic mass is 35.5. The maximum Gasteiger partial charge on any atom is 0.573 e. The Balaban J connectivity index is 1.81. The Morgan fingerprint density at radius 1 is 1.05 bits per heavy atom. The number of halogens is 5. The minimum Gasteiger partial charge on any atom is -0.489 e. The molecule has 2 aromatic rings. The van der Waals surface area contributed by atoms with Gasteiger partial charge in [-0.05, 0) is 80.8 Å². The van der Waals surface area contributed by atoms with Crippen molar-refractivity contribution in [3.63, 3.8) is 0 Å². The van der Waals surface area contributed by atoms with Gasteiger partial charge >= 0.3 is 12.3 Å². The van der Waals surface area contributed by atoms with E-state index in [4.69, 9.17) is 21.1 Å². The van der Waals surface area contributed by atoms with Gasteiger partial charge in [0.15, 0.2) is 0 Å². The van der Waals surface area contributed by atoms with Gasteiger partial charge in [0.25, 0.3) is 5.91 Å². The zero-order chi connectivity index (χ0) is 28.4. The van der Waals surface area contributed by atoms with Gasteiger partial charge in [0.2, 0.25) is 0 Å². The first-order valence-corrected chi connectivity index (χ1v) is 12.5. The second-order valence-corrected chi connectivity index (χ2v) is 10.9. The van der Waals surface area contributed by atoms with E-state index in [2.05, 4.69) is 10.1 Å². The van der Waals surface area contributed by atoms with Crippen LogP contribution >= 0.6 is 11.6 Å². The molecule has 0 spiro atoms. The third kappa shape index (κ3) is 8.51. The molecule has 0 aliphatic heterocycles. The minimum atomic E-state index is -4.90. The molecular weight excluding hydrogens is 530 g/mol. The van der Waals surface area contributed by atoms with Crippen LogP contribution in [0, 0.1) is 11.7 Å². The Labute approximate surface area is 223 Å². The number of ether oxygens (including phenoxy) is 3. The van der Waals surface area contributed by atoms with Crippen LogP contribution in [0.25, 0.3) is 0 Å². The molecule has 1 fully saturated rings. The molecule has 2 aromatic carbocycles. The molecule has 1 N–H and O–H groups in total. The maximum atomic E-state index is 15.1. The number of benzene rings is 2. The van der Waals surface area contributed by atoms with Crippen LogP contribution in [0.2, 0.25) is 5.02 Å². The first-order valence-electron chi connectivity index (χ1n) is 12.1. The van der Waals surface area contributed by atoms with E-state index in [-0.39, 0.29) is 34.8 Å². The number of rotatable bonds is 9. The molecule has 1 aliphatic rings. The van der Waals surface area contributed by atoms with E-state index in [0.717, 1.165) is 31.0 Å². The van der Waals surface area contributed by atoms with Crippen LogP contribution in [-0.2, 0) is 16.1 Å². The van der Waals surface area contributed by atoms with E-state index >= 15 is 4.39 Å². The lowest BCUT2D eigenvalue weighted by atomic mass is 9.98. The van der Waals surface area contributed by atoms with E-state index < -0.39 is 41.4 Å². The summed E-state index contributed by atoms with van der Waals surface area (Å²) in [5.41, 5.74) is 0.133. The van der Waals surface area contributed by atoms with Crippen LogP contribution in [0.15, 0.2) is 30.3 Å². The summed E-state index contributed by atoms with van der Waals surface area (Å²) in [6.07, 6.45) is -3.25. The summed E-state index contributed by atoms with van der Waals surface area (Å²) in [4.78, 5) is 25.6. The van der Waals surface area contributed by atoms with Gasteiger partial charge in [-0.15, -0.1) is 13.2 Å². The maximum absolute atomic E-state index is 15.1. The van der Waals surface area contributed by atoms with E-state index in [1.807, 2.05) is 0 Å². The minimum absolute atomic E-state index is 0.00198. The van der Waals surface area contributed by atoms with Crippen molar-refractivity contribution in [2.75, 3.05) is 0 Å². The zero-order valence-electron chi connectivity index (χ0n) is 21.7. The van der Waals surface area contributed by atoms with Crippen LogP contribution in [0.5, 0.6) is 11.5 Å². The molecule has 0 radical (unpaired) electrons. The molecule has 11 heteroatoms. The van der Waals surface area contributed by atoms with Gasteiger partial charge in [0, 0.05) is 11.1 Å². The molecular formula is C27H30ClF4NO5. The normalized spacial score (nSPS) is 14.7. The standard InChI is InChI=1S/C27H30ClF4NO5/c1-14(2)23(25(35)38-26(3,4)5)33-24(34)21-12-20(15-6-7-15)16(8-22(21)29)13-36-18-9-17(28)10-19(11-18)37-27(30,31)32/h8-12,14-15,23H,6-7,13H2,1-5H3,(H,33,34). The van der Waals surface area contributed by atoms with Crippen LogP contribution in [0.3, 0.4) is 0 Å². The summed E-state index contributed by atoms with van der Waals surface area (Å²) < 4.78 is 67.8. The molecule has 1 amide bonds. The van der Waals surface area contributed by atoms with Crippen molar-refractivity contribution in [1.82, 2.24) is 5.32 Å². The monoisotopic (exact) mass is 559 g/mol. The third-order valence-corrected chi connectivity index (χ3v) is 5.80. The molecule has 1 atom stereocenters. The summed E-state index contributed by atoms with van der Waals surface area (Å²) in [6, 6.07) is 4.94. The Hall–Kier alpha value is -3.01. The Morgan fingerprint density at radius 3 is 2.24 bits per heavy atom. The number of alkyl halides is 3. The lowest BCUT2D eigenvalue weighted by molar-refractivity contribution is -0.274. The van der Waals surface area contributed by atoms with Crippen LogP contribution < -0.4 is 14.8 Å². The largest absolute Gasteiger partial charge is 0.573 e. The first kappa shape index (κ1) is 29.5. The summed E-state index contributed by atoms with van der Waals surface area (Å²) in [5, 5.41) is 2.55. The molecule has 0 saturated heterocycles. The molecule has 0 aromatic heterocycles. The van der Waals surface area contributed by atoms with Gasteiger partial charge in [-0.25, -0.2) is 9.18 Å². The number of carbonyl (C=O) groups is 2. The zero-order valence-corrected chi connectivity index (χ0v) is 22.4. The summed E-state index contributed by atoms with van der Waals surface area (Å²) in [7, 11) is 0. The second-order valence-electron chi connectivity index (χ2n) is 10.5. The number of hydrogen-bond donors (Lipinski definition) is 1. The smallest absolute Gasteiger partial charge is 0.489 e. The van der Waals surface area contributed by atoms with Gasteiger partial charge in [0.1, 0.15) is 35.6 Å². The van der Waals surface area contributed by atoms with Gasteiger partial charge in [-0.2, -0.15) is 0 Å². The summed E-state index contributed by atoms with van der Waals surface area (Å²) in [6.45, 7) is 8.42. The van der Waals surface area contributed by atoms with Gasteiger partial charge in [-0.1, -0.05) is 25.4 Å². The third-order valence-electron chi connectivity index (χ3n) is 5.58. The van der Waals surface area contributed by atoms with Crippen molar-refractivity contribution < 1.29 is 41.4 Å². The highest BCUT2D eigenvalue weighted by Gasteiger charge is 2.33. The fourth-order valence-electron chi connectivity index (χ4n) is 3.76. The highest BCUT2D eigenvalue weighted by molar-refractivity contribution is 6.30. The van der Waals surface area contributed by atoms with Crippen molar-refractivity contribution in [3.05, 3.63) is 57.9 Å². The fraction of sp³-hybridized carbons (Fsp3) is 0.481. The van der Waals surface area contributed by atoms with Gasteiger partial charge in [0.05, 0.1) is 5.56 Å². The van der Waals surface area contributed by atoms with Crippen molar-refractivity contribution >= 4 is 23.5 Å². The lowest BCUT2D eigenvalue weighted by Crippen LogP contribution is -2.47. The van der Waals surface area contributed by atoms with Crippen molar-refractivity contribution in [1.29, 1.82) is 0 Å². The van der Waals surface area contributed by atoms with Crippen molar-refractivity contribution in [3.8, 4) is 11.5 Å². The lowest BCUT2D eigenvalue weighted by Gasteiger charge is -2.26. The van der Waals surface area contributed by atoms with Crippen molar-refractivity contribution in [2.45, 2.75) is 78.0 Å². The van der Waals surface area contributed by atoms with Crippen molar-refractivity contribution in [2.24, 2.45) is 5.92 Å². The van der Waals surface area contributed by atoms with E-state index in [1.165, 1.54) is 12.1 Å². The predicted octanol–water partition coefficient (Wildman–Crippen LogP) is 6.93. The number of esters is 1. The second kappa shape index (κ2) is 11.4. The Bertz CT molecular complexity index is 1190. The Kier molecular flexibility index (Phi) is 8.86. The van der Waals surface area contributed by atoms with E-state index in [0.29, 0.717) is 11.1 Å². The average molecular weight is 560 g/mol. The predicted molar refractivity (Wildman–Crippen MR) is 133 cm³/mol. The number of amides is 1. The molecule has 1 unspecified atom stereocenters. The quantitative estimate of drug-likeness (QED) is 0.266. The topological polar surface area (TPSA) is 73.9 Å². The van der Waals surface area contributed by atoms with Gasteiger partial charge < -0.3 is 19.5 Å². The molecule has 3 rings (SSSR count). The van der Waals surface area contributed by atoms with Crippen LogP contribution in [0.1, 0.15) is 74.9 Å². The molecule has 6 nitrogen and oxygen atoms in total. The molecule has 38 heavy (non-hydrogen) atoms. The van der Waals surface area contributed by atoms with Gasteiger partial charge in [-0.3, -0.25) is 4.79 Å². The number of carbonyl (C=O) groups excluding carboxylic acids is 2. The Morgan fingerprint density at radius 2 is 1.68 bits per heavy atom. The molecule has 1 aliphatic carbocycles. The molecule has 0 bridgehead atoms. The van der Waals surface area contributed by atoms with Crippen LogP contribution in [-0.4, -0.2) is 29.9 Å². The molecule has 1 saturated carbocycles. The first-order chi connectivity index (χ1) is 17.5. The number of hydrogen-bond acceptors (Lipinski definition) is 5. The molecule has 208 valence electrons. The fourth-order valence-corrected chi connectivity index (χ4v) is 3.98. The number of nitrogens with one attached hydrogen (secondary N) is 1. The summed E-state index contributed by atoms with van der Waals surface area (Å²) in [5.74, 6) is -2.99. The highest BCUT2D eigenvalue weighted by Crippen LogP contribution is 2.43. The SMILES string of the molecule is CC(C)C(NC(=O)c1cc(C2CC2)c(COc2cc(Cl)cc(OC(F)(F)F)c2)cc1F)C(=O)OC(C)(C)C. The van der Waals surface area contributed by atoms with Crippen LogP contribution in [0.4, 0.5) is 17.6 Å². The summed E-state index contributed by atoms with van der Waals surface area (Å²) >= 11 is 5.89.